The number of para-hydroxylation sites is 1. The van der Waals surface area contributed by atoms with Crippen molar-refractivity contribution in [2.75, 3.05) is 0 Å². The van der Waals surface area contributed by atoms with Gasteiger partial charge in [0, 0.05) is 23.8 Å². The minimum Gasteiger partial charge on any atom is -0.457 e. The molecule has 4 rings (SSSR count). The third-order valence-electron chi connectivity index (χ3n) is 4.31. The van der Waals surface area contributed by atoms with Crippen LogP contribution in [0.4, 0.5) is 11.4 Å². The molecule has 1 aliphatic heterocycles. The summed E-state index contributed by atoms with van der Waals surface area (Å²) in [6, 6.07) is 15.1. The van der Waals surface area contributed by atoms with Gasteiger partial charge in [-0.1, -0.05) is 29.8 Å². The molecule has 2 aromatic carbocycles. The van der Waals surface area contributed by atoms with Gasteiger partial charge in [0.1, 0.15) is 11.5 Å². The maximum Gasteiger partial charge on any atom is 0.270 e. The molecule has 30 heavy (non-hydrogen) atoms. The maximum atomic E-state index is 12.3. The summed E-state index contributed by atoms with van der Waals surface area (Å²) in [5, 5.41) is 14.6. The number of aryl methyl sites for hydroxylation is 1. The molecule has 150 valence electrons. The molecule has 0 spiro atoms. The Bertz CT molecular complexity index is 1230. The monoisotopic (exact) mass is 439 g/mol. The third kappa shape index (κ3) is 4.14. The van der Waals surface area contributed by atoms with Crippen molar-refractivity contribution >= 4 is 51.9 Å². The van der Waals surface area contributed by atoms with Gasteiger partial charge in [-0.2, -0.15) is 0 Å². The number of thioether (sulfide) groups is 1. The highest BCUT2D eigenvalue weighted by molar-refractivity contribution is 8.18. The van der Waals surface area contributed by atoms with E-state index in [-0.39, 0.29) is 11.6 Å². The molecule has 0 aliphatic carbocycles. The zero-order chi connectivity index (χ0) is 21.3. The Hall–Kier alpha value is -3.36. The fourth-order valence-electron chi connectivity index (χ4n) is 2.80. The second kappa shape index (κ2) is 8.17. The molecule has 3 aromatic rings. The fourth-order valence-corrected chi connectivity index (χ4v) is 3.82. The first kappa shape index (κ1) is 19.9. The third-order valence-corrected chi connectivity index (χ3v) is 5.55. The Morgan fingerprint density at radius 3 is 2.77 bits per heavy atom. The van der Waals surface area contributed by atoms with Gasteiger partial charge in [0.2, 0.25) is 0 Å². The van der Waals surface area contributed by atoms with Crippen LogP contribution in [0.15, 0.2) is 68.9 Å². The average molecular weight is 440 g/mol. The molecule has 1 amide bonds. The number of furan rings is 1. The molecular formula is C21H14ClN3O4S. The number of halogens is 1. The number of nitro groups is 1. The number of non-ortho nitro benzene ring substituents is 1. The normalized spacial score (nSPS) is 16.3. The number of carbonyl (C=O) groups excluding carboxylic acids is 1. The summed E-state index contributed by atoms with van der Waals surface area (Å²) >= 11 is 7.37. The van der Waals surface area contributed by atoms with Crippen LogP contribution in [-0.4, -0.2) is 16.0 Å². The van der Waals surface area contributed by atoms with Crippen molar-refractivity contribution in [2.45, 2.75) is 6.92 Å². The lowest BCUT2D eigenvalue weighted by molar-refractivity contribution is -0.384. The van der Waals surface area contributed by atoms with E-state index >= 15 is 0 Å². The number of nitrogens with one attached hydrogen (secondary N) is 1. The van der Waals surface area contributed by atoms with Crippen LogP contribution >= 0.6 is 23.4 Å². The van der Waals surface area contributed by atoms with Crippen molar-refractivity contribution < 1.29 is 14.1 Å². The molecule has 1 aromatic heterocycles. The number of nitrogens with zero attached hydrogens (tertiary/aromatic N) is 2. The van der Waals surface area contributed by atoms with Crippen LogP contribution in [0.5, 0.6) is 0 Å². The predicted molar refractivity (Wildman–Crippen MR) is 118 cm³/mol. The Morgan fingerprint density at radius 1 is 1.20 bits per heavy atom. The minimum absolute atomic E-state index is 0.0894. The van der Waals surface area contributed by atoms with Gasteiger partial charge in [0.15, 0.2) is 5.17 Å². The molecule has 0 saturated carbocycles. The lowest BCUT2D eigenvalue weighted by atomic mass is 10.1. The molecule has 1 N–H and O–H groups in total. The van der Waals surface area contributed by atoms with E-state index in [2.05, 4.69) is 10.3 Å². The quantitative estimate of drug-likeness (QED) is 0.319. The highest BCUT2D eigenvalue weighted by atomic mass is 35.5. The SMILES string of the molecule is Cc1ccccc1N=C1NC(=O)/C(=C/c2ccc(-c3cc([N+](=O)[O-])ccc3Cl)o2)S1. The molecular weight excluding hydrogens is 426 g/mol. The van der Waals surface area contributed by atoms with Gasteiger partial charge in [-0.05, 0) is 48.5 Å². The number of rotatable bonds is 4. The minimum atomic E-state index is -0.500. The fraction of sp³-hybridized carbons (Fsp3) is 0.0476. The summed E-state index contributed by atoms with van der Waals surface area (Å²) in [5.41, 5.74) is 2.10. The maximum absolute atomic E-state index is 12.3. The second-order valence-corrected chi connectivity index (χ2v) is 7.83. The predicted octanol–water partition coefficient (Wildman–Crippen LogP) is 5.71. The van der Waals surface area contributed by atoms with Crippen molar-refractivity contribution in [3.63, 3.8) is 0 Å². The lowest BCUT2D eigenvalue weighted by Gasteiger charge is -2.00. The Balaban J connectivity index is 1.59. The van der Waals surface area contributed by atoms with E-state index in [1.54, 1.807) is 18.2 Å². The van der Waals surface area contributed by atoms with Crippen molar-refractivity contribution in [1.82, 2.24) is 5.32 Å². The number of hydrogen-bond donors (Lipinski definition) is 1. The molecule has 1 aliphatic rings. The molecule has 9 heteroatoms. The number of benzene rings is 2. The topological polar surface area (TPSA) is 97.7 Å². The van der Waals surface area contributed by atoms with Gasteiger partial charge in [0.25, 0.3) is 11.6 Å². The highest BCUT2D eigenvalue weighted by Crippen LogP contribution is 2.34. The molecule has 0 unspecified atom stereocenters. The van der Waals surface area contributed by atoms with Crippen molar-refractivity contribution in [3.8, 4) is 11.3 Å². The summed E-state index contributed by atoms with van der Waals surface area (Å²) in [6.07, 6.45) is 1.59. The first-order valence-corrected chi connectivity index (χ1v) is 9.99. The molecule has 1 saturated heterocycles. The van der Waals surface area contributed by atoms with E-state index < -0.39 is 4.92 Å². The molecule has 0 atom stereocenters. The number of hydrogen-bond acceptors (Lipinski definition) is 6. The first-order valence-electron chi connectivity index (χ1n) is 8.80. The van der Waals surface area contributed by atoms with Gasteiger partial charge in [-0.25, -0.2) is 4.99 Å². The van der Waals surface area contributed by atoms with E-state index in [1.807, 2.05) is 31.2 Å². The summed E-state index contributed by atoms with van der Waals surface area (Å²) in [6.45, 7) is 1.95. The number of amidine groups is 1. The molecule has 0 radical (unpaired) electrons. The summed E-state index contributed by atoms with van der Waals surface area (Å²) in [5.74, 6) is 0.508. The number of carbonyl (C=O) groups is 1. The zero-order valence-electron chi connectivity index (χ0n) is 15.6. The average Bonchev–Trinajstić information content (AvgIpc) is 3.31. The lowest BCUT2D eigenvalue weighted by Crippen LogP contribution is -2.19. The van der Waals surface area contributed by atoms with E-state index in [1.165, 1.54) is 30.0 Å². The van der Waals surface area contributed by atoms with Crippen LogP contribution in [0, 0.1) is 17.0 Å². The highest BCUT2D eigenvalue weighted by Gasteiger charge is 2.24. The van der Waals surface area contributed by atoms with Gasteiger partial charge < -0.3 is 9.73 Å². The van der Waals surface area contributed by atoms with Crippen molar-refractivity contribution in [3.05, 3.63) is 86.0 Å². The van der Waals surface area contributed by atoms with Crippen LogP contribution in [-0.2, 0) is 4.79 Å². The van der Waals surface area contributed by atoms with E-state index in [0.717, 1.165) is 11.3 Å². The van der Waals surface area contributed by atoms with Crippen LogP contribution in [0.1, 0.15) is 11.3 Å². The molecule has 1 fully saturated rings. The second-order valence-electron chi connectivity index (χ2n) is 6.39. The van der Waals surface area contributed by atoms with Gasteiger partial charge in [-0.3, -0.25) is 14.9 Å². The summed E-state index contributed by atoms with van der Waals surface area (Å²) < 4.78 is 5.75. The van der Waals surface area contributed by atoms with E-state index in [0.29, 0.717) is 32.2 Å². The Labute approximate surface area is 180 Å². The van der Waals surface area contributed by atoms with Crippen LogP contribution < -0.4 is 5.32 Å². The van der Waals surface area contributed by atoms with E-state index in [4.69, 9.17) is 16.0 Å². The van der Waals surface area contributed by atoms with E-state index in [9.17, 15) is 14.9 Å². The first-order chi connectivity index (χ1) is 14.4. The summed E-state index contributed by atoms with van der Waals surface area (Å²) in [7, 11) is 0. The Morgan fingerprint density at radius 2 is 2.00 bits per heavy atom. The molecule has 7 nitrogen and oxygen atoms in total. The molecule has 0 bridgehead atoms. The molecule has 2 heterocycles. The van der Waals surface area contributed by atoms with Crippen LogP contribution in [0.25, 0.3) is 17.4 Å². The largest absolute Gasteiger partial charge is 0.457 e. The smallest absolute Gasteiger partial charge is 0.270 e. The van der Waals surface area contributed by atoms with Crippen LogP contribution in [0.3, 0.4) is 0 Å². The number of nitro benzene ring substituents is 1. The number of amides is 1. The Kier molecular flexibility index (Phi) is 5.43. The zero-order valence-corrected chi connectivity index (χ0v) is 17.2. The van der Waals surface area contributed by atoms with Crippen LogP contribution in [0.2, 0.25) is 5.02 Å². The van der Waals surface area contributed by atoms with Gasteiger partial charge >= 0.3 is 0 Å². The van der Waals surface area contributed by atoms with Gasteiger partial charge in [0.05, 0.1) is 20.5 Å². The van der Waals surface area contributed by atoms with Crippen molar-refractivity contribution in [2.24, 2.45) is 4.99 Å². The standard InChI is InChI=1S/C21H14ClN3O4S/c1-12-4-2-3-5-17(12)23-21-24-20(26)19(30-21)11-14-7-9-18(29-14)15-10-13(25(27)28)6-8-16(15)22/h2-11H,1H3,(H,23,24,26)/b19-11-. The number of aliphatic imine (C=N–C) groups is 1. The van der Waals surface area contributed by atoms with Gasteiger partial charge in [-0.15, -0.1) is 0 Å². The summed E-state index contributed by atoms with van der Waals surface area (Å²) in [4.78, 5) is 27.7. The van der Waals surface area contributed by atoms with Crippen molar-refractivity contribution in [1.29, 1.82) is 0 Å².